The summed E-state index contributed by atoms with van der Waals surface area (Å²) in [5.74, 6) is 0.803. The van der Waals surface area contributed by atoms with Gasteiger partial charge in [0.1, 0.15) is 0 Å². The molecule has 0 radical (unpaired) electrons. The number of hydrogen-bond donors (Lipinski definition) is 1. The Morgan fingerprint density at radius 1 is 1.33 bits per heavy atom. The number of aryl methyl sites for hydroxylation is 1. The van der Waals surface area contributed by atoms with E-state index in [1.807, 2.05) is 19.2 Å². The fourth-order valence-corrected chi connectivity index (χ4v) is 3.21. The molecule has 18 heavy (non-hydrogen) atoms. The van der Waals surface area contributed by atoms with E-state index in [4.69, 9.17) is 0 Å². The fourth-order valence-electron chi connectivity index (χ4n) is 3.21. The van der Waals surface area contributed by atoms with Crippen molar-refractivity contribution < 1.29 is 0 Å². The normalized spacial score (nSPS) is 30.4. The van der Waals surface area contributed by atoms with Crippen molar-refractivity contribution in [2.45, 2.75) is 32.4 Å². The number of anilines is 1. The van der Waals surface area contributed by atoms with E-state index >= 15 is 0 Å². The topological polar surface area (TPSA) is 37.3 Å². The highest BCUT2D eigenvalue weighted by atomic mass is 16.1. The van der Waals surface area contributed by atoms with Gasteiger partial charge in [-0.3, -0.25) is 4.79 Å². The molecule has 0 saturated carbocycles. The summed E-state index contributed by atoms with van der Waals surface area (Å²) in [4.78, 5) is 14.1. The van der Waals surface area contributed by atoms with Crippen molar-refractivity contribution in [1.29, 1.82) is 0 Å². The average Bonchev–Trinajstić information content (AvgIpc) is 2.42. The largest absolute Gasteiger partial charge is 0.380 e. The van der Waals surface area contributed by atoms with Gasteiger partial charge in [0, 0.05) is 31.4 Å². The van der Waals surface area contributed by atoms with E-state index in [2.05, 4.69) is 10.2 Å². The van der Waals surface area contributed by atoms with Crippen LogP contribution in [0.25, 0.3) is 0 Å². The molecule has 4 nitrogen and oxygen atoms in total. The maximum absolute atomic E-state index is 11.5. The minimum absolute atomic E-state index is 0.0805. The Balaban J connectivity index is 1.74. The Bertz CT molecular complexity index is 474. The number of fused-ring (bicyclic) bond motifs is 3. The summed E-state index contributed by atoms with van der Waals surface area (Å²) in [6.07, 6.45) is 4.57. The van der Waals surface area contributed by atoms with Gasteiger partial charge in [0.15, 0.2) is 0 Å². The molecular weight excluding hydrogens is 226 g/mol. The third-order valence-corrected chi connectivity index (χ3v) is 4.33. The average molecular weight is 247 g/mol. The van der Waals surface area contributed by atoms with Crippen molar-refractivity contribution >= 4 is 5.69 Å². The lowest BCUT2D eigenvalue weighted by Gasteiger charge is -2.45. The summed E-state index contributed by atoms with van der Waals surface area (Å²) in [7, 11) is 0. The number of piperidine rings is 3. The minimum atomic E-state index is 0.0805. The molecular formula is C14H21N3O. The van der Waals surface area contributed by atoms with Crippen LogP contribution in [0.5, 0.6) is 0 Å². The number of hydrogen-bond acceptors (Lipinski definition) is 3. The van der Waals surface area contributed by atoms with Gasteiger partial charge in [0.05, 0.1) is 5.69 Å². The lowest BCUT2D eigenvalue weighted by Crippen LogP contribution is -2.53. The molecule has 1 aromatic rings. The van der Waals surface area contributed by atoms with Crippen LogP contribution in [0.2, 0.25) is 0 Å². The molecule has 0 aromatic carbocycles. The van der Waals surface area contributed by atoms with Gasteiger partial charge in [0.2, 0.25) is 0 Å². The van der Waals surface area contributed by atoms with Crippen molar-refractivity contribution in [2.24, 2.45) is 5.92 Å². The Morgan fingerprint density at radius 3 is 2.72 bits per heavy atom. The predicted molar refractivity (Wildman–Crippen MR) is 73.0 cm³/mol. The summed E-state index contributed by atoms with van der Waals surface area (Å²) in [6, 6.07) is 4.12. The third-order valence-electron chi connectivity index (χ3n) is 4.33. The van der Waals surface area contributed by atoms with Crippen LogP contribution in [0.4, 0.5) is 5.69 Å². The first kappa shape index (κ1) is 11.8. The highest BCUT2D eigenvalue weighted by Gasteiger charge is 2.33. The Morgan fingerprint density at radius 2 is 2.11 bits per heavy atom. The van der Waals surface area contributed by atoms with Gasteiger partial charge in [-0.25, -0.2) is 0 Å². The number of pyridine rings is 1. The van der Waals surface area contributed by atoms with Gasteiger partial charge in [0.25, 0.3) is 5.56 Å². The molecule has 98 valence electrons. The first-order chi connectivity index (χ1) is 8.76. The van der Waals surface area contributed by atoms with Crippen LogP contribution < -0.4 is 10.9 Å². The zero-order valence-corrected chi connectivity index (χ0v) is 10.9. The molecule has 0 spiro atoms. The smallest absolute Gasteiger partial charge is 0.250 e. The molecule has 3 aliphatic rings. The minimum Gasteiger partial charge on any atom is -0.380 e. The van der Waals surface area contributed by atoms with Crippen LogP contribution >= 0.6 is 0 Å². The number of nitrogens with zero attached hydrogens (tertiary/aromatic N) is 2. The third kappa shape index (κ3) is 2.17. The highest BCUT2D eigenvalue weighted by Crippen LogP contribution is 2.29. The van der Waals surface area contributed by atoms with Gasteiger partial charge in [-0.15, -0.1) is 0 Å². The molecule has 0 aliphatic carbocycles. The summed E-state index contributed by atoms with van der Waals surface area (Å²) in [6.45, 7) is 6.40. The van der Waals surface area contributed by atoms with Crippen LogP contribution in [0, 0.1) is 5.92 Å². The van der Waals surface area contributed by atoms with Crippen LogP contribution in [0.15, 0.2) is 23.1 Å². The highest BCUT2D eigenvalue weighted by molar-refractivity contribution is 5.42. The molecule has 0 amide bonds. The van der Waals surface area contributed by atoms with E-state index < -0.39 is 0 Å². The Hall–Kier alpha value is -1.29. The van der Waals surface area contributed by atoms with E-state index in [0.717, 1.165) is 24.7 Å². The standard InChI is InChI=1S/C14H21N3O/c1-2-17-9-12(3-4-14(17)18)15-13-10-16-7-5-11(13)6-8-16/h3-4,9,11,13,15H,2,5-8,10H2,1H3. The Labute approximate surface area is 108 Å². The van der Waals surface area contributed by atoms with Crippen LogP contribution in [-0.4, -0.2) is 35.1 Å². The van der Waals surface area contributed by atoms with Gasteiger partial charge in [-0.05, 0) is 44.8 Å². The summed E-state index contributed by atoms with van der Waals surface area (Å²) >= 11 is 0. The van der Waals surface area contributed by atoms with E-state index in [9.17, 15) is 4.79 Å². The van der Waals surface area contributed by atoms with Crippen molar-refractivity contribution in [1.82, 2.24) is 9.47 Å². The van der Waals surface area contributed by atoms with Crippen molar-refractivity contribution in [2.75, 3.05) is 25.0 Å². The fraction of sp³-hybridized carbons (Fsp3) is 0.643. The number of nitrogens with one attached hydrogen (secondary N) is 1. The van der Waals surface area contributed by atoms with Gasteiger partial charge in [-0.1, -0.05) is 0 Å². The van der Waals surface area contributed by atoms with Crippen LogP contribution in [0.1, 0.15) is 19.8 Å². The first-order valence-corrected chi connectivity index (χ1v) is 6.95. The second-order valence-electron chi connectivity index (χ2n) is 5.43. The molecule has 2 bridgehead atoms. The van der Waals surface area contributed by atoms with Crippen molar-refractivity contribution in [3.8, 4) is 0 Å². The van der Waals surface area contributed by atoms with Gasteiger partial charge < -0.3 is 14.8 Å². The summed E-state index contributed by atoms with van der Waals surface area (Å²) < 4.78 is 1.75. The van der Waals surface area contributed by atoms with Crippen LogP contribution in [-0.2, 0) is 6.54 Å². The molecule has 1 N–H and O–H groups in total. The number of aromatic nitrogens is 1. The monoisotopic (exact) mass is 247 g/mol. The summed E-state index contributed by atoms with van der Waals surface area (Å²) in [5, 5.41) is 3.61. The maximum atomic E-state index is 11.5. The van der Waals surface area contributed by atoms with E-state index in [-0.39, 0.29) is 5.56 Å². The van der Waals surface area contributed by atoms with Gasteiger partial charge in [-0.2, -0.15) is 0 Å². The quantitative estimate of drug-likeness (QED) is 0.876. The lowest BCUT2D eigenvalue weighted by molar-refractivity contribution is 0.0975. The van der Waals surface area contributed by atoms with E-state index in [1.54, 1.807) is 10.6 Å². The molecule has 1 atom stereocenters. The Kier molecular flexibility index (Phi) is 3.12. The maximum Gasteiger partial charge on any atom is 0.250 e. The molecule has 3 fully saturated rings. The summed E-state index contributed by atoms with van der Waals surface area (Å²) in [5.41, 5.74) is 1.16. The molecule has 3 aliphatic heterocycles. The molecule has 1 unspecified atom stereocenters. The number of rotatable bonds is 3. The molecule has 3 saturated heterocycles. The predicted octanol–water partition coefficient (Wildman–Crippen LogP) is 1.37. The molecule has 4 heteroatoms. The zero-order chi connectivity index (χ0) is 12.5. The second-order valence-corrected chi connectivity index (χ2v) is 5.43. The van der Waals surface area contributed by atoms with E-state index in [1.165, 1.54) is 25.9 Å². The van der Waals surface area contributed by atoms with Crippen molar-refractivity contribution in [3.05, 3.63) is 28.7 Å². The molecule has 4 heterocycles. The second kappa shape index (κ2) is 4.76. The van der Waals surface area contributed by atoms with Crippen molar-refractivity contribution in [3.63, 3.8) is 0 Å². The SMILES string of the molecule is CCn1cc(NC2CN3CCC2CC3)ccc1=O. The van der Waals surface area contributed by atoms with Gasteiger partial charge >= 0.3 is 0 Å². The van der Waals surface area contributed by atoms with E-state index in [0.29, 0.717) is 6.04 Å². The van der Waals surface area contributed by atoms with Crippen LogP contribution in [0.3, 0.4) is 0 Å². The molecule has 1 aromatic heterocycles. The lowest BCUT2D eigenvalue weighted by atomic mass is 9.84. The first-order valence-electron chi connectivity index (χ1n) is 6.95. The zero-order valence-electron chi connectivity index (χ0n) is 10.9. The molecule has 4 rings (SSSR count).